The summed E-state index contributed by atoms with van der Waals surface area (Å²) in [6, 6.07) is 9.49. The van der Waals surface area contributed by atoms with Crippen molar-refractivity contribution in [1.82, 2.24) is 19.5 Å². The van der Waals surface area contributed by atoms with E-state index in [1.165, 1.54) is 0 Å². The molecule has 0 fully saturated rings. The Morgan fingerprint density at radius 3 is 2.30 bits per heavy atom. The van der Waals surface area contributed by atoms with Crippen LogP contribution in [-0.4, -0.2) is 40.8 Å². The van der Waals surface area contributed by atoms with Gasteiger partial charge in [-0.25, -0.2) is 9.97 Å². The highest BCUT2D eigenvalue weighted by Gasteiger charge is 2.14. The largest absolute Gasteiger partial charge is 0.493 e. The fourth-order valence-electron chi connectivity index (χ4n) is 2.98. The molecule has 2 aromatic carbocycles. The smallest absolute Gasteiger partial charge is 0.203 e. The van der Waals surface area contributed by atoms with E-state index in [0.717, 1.165) is 16.7 Å². The molecule has 2 aromatic heterocycles. The van der Waals surface area contributed by atoms with E-state index in [9.17, 15) is 0 Å². The minimum atomic E-state index is 0. The monoisotopic (exact) mass is 452 g/mol. The number of rotatable bonds is 7. The van der Waals surface area contributed by atoms with Gasteiger partial charge in [-0.15, -0.1) is 24.8 Å². The lowest BCUT2D eigenvalue weighted by atomic mass is 10.2. The zero-order chi connectivity index (χ0) is 19.5. The molecule has 0 bridgehead atoms. The van der Waals surface area contributed by atoms with Crippen LogP contribution in [0.5, 0.6) is 23.0 Å². The second kappa shape index (κ2) is 10.1. The van der Waals surface area contributed by atoms with Crippen LogP contribution in [0, 0.1) is 0 Å². The van der Waals surface area contributed by atoms with Gasteiger partial charge in [0.25, 0.3) is 0 Å². The van der Waals surface area contributed by atoms with Gasteiger partial charge in [-0.2, -0.15) is 0 Å². The summed E-state index contributed by atoms with van der Waals surface area (Å²) in [5.74, 6) is 2.89. The molecule has 30 heavy (non-hydrogen) atoms. The molecule has 4 rings (SSSR count). The van der Waals surface area contributed by atoms with E-state index < -0.39 is 0 Å². The summed E-state index contributed by atoms with van der Waals surface area (Å²) in [6.07, 6.45) is 5.38. The number of benzene rings is 2. The third kappa shape index (κ3) is 4.55. The van der Waals surface area contributed by atoms with Crippen LogP contribution in [0.1, 0.15) is 5.82 Å². The zero-order valence-electron chi connectivity index (χ0n) is 16.6. The fourth-order valence-corrected chi connectivity index (χ4v) is 2.98. The number of nitrogens with one attached hydrogen (secondary N) is 1. The van der Waals surface area contributed by atoms with Gasteiger partial charge in [-0.3, -0.25) is 0 Å². The van der Waals surface area contributed by atoms with Crippen LogP contribution >= 0.6 is 24.8 Å². The van der Waals surface area contributed by atoms with Gasteiger partial charge in [0.15, 0.2) is 11.5 Å². The number of hydrogen-bond donors (Lipinski definition) is 1. The molecule has 0 saturated heterocycles. The number of fused-ring (bicyclic) bond motifs is 1. The number of aromatic amines is 1. The first kappa shape index (κ1) is 23.2. The van der Waals surface area contributed by atoms with Crippen molar-refractivity contribution in [3.8, 4) is 28.7 Å². The Balaban J connectivity index is 0.00000160. The summed E-state index contributed by atoms with van der Waals surface area (Å²) < 4.78 is 23.8. The van der Waals surface area contributed by atoms with Crippen LogP contribution in [0.2, 0.25) is 0 Å². The number of aromatic nitrogens is 4. The second-order valence-corrected chi connectivity index (χ2v) is 6.00. The van der Waals surface area contributed by atoms with Crippen LogP contribution in [0.15, 0.2) is 49.1 Å². The van der Waals surface area contributed by atoms with E-state index in [4.69, 9.17) is 18.9 Å². The first-order valence-electron chi connectivity index (χ1n) is 8.61. The average molecular weight is 453 g/mol. The number of halogens is 2. The van der Waals surface area contributed by atoms with Gasteiger partial charge in [0.1, 0.15) is 18.2 Å². The van der Waals surface area contributed by atoms with Crippen LogP contribution in [0.3, 0.4) is 0 Å². The molecule has 10 heteroatoms. The quantitative estimate of drug-likeness (QED) is 0.452. The Kier molecular flexibility index (Phi) is 7.79. The molecule has 0 saturated carbocycles. The van der Waals surface area contributed by atoms with Crippen LogP contribution in [-0.2, 0) is 6.61 Å². The van der Waals surface area contributed by atoms with Gasteiger partial charge in [0.05, 0.1) is 38.7 Å². The predicted octanol–water partition coefficient (Wildman–Crippen LogP) is 4.20. The molecule has 1 N–H and O–H groups in total. The Hall–Kier alpha value is -3.10. The van der Waals surface area contributed by atoms with Crippen LogP contribution in [0.25, 0.3) is 16.7 Å². The van der Waals surface area contributed by atoms with Gasteiger partial charge in [-0.05, 0) is 18.2 Å². The summed E-state index contributed by atoms with van der Waals surface area (Å²) in [4.78, 5) is 12.0. The first-order chi connectivity index (χ1) is 13.7. The van der Waals surface area contributed by atoms with Crippen LogP contribution < -0.4 is 18.9 Å². The molecule has 0 amide bonds. The van der Waals surface area contributed by atoms with E-state index in [2.05, 4.69) is 15.0 Å². The van der Waals surface area contributed by atoms with Crippen molar-refractivity contribution in [2.75, 3.05) is 21.3 Å². The molecule has 0 unspecified atom stereocenters. The summed E-state index contributed by atoms with van der Waals surface area (Å²) in [6.45, 7) is 0.272. The van der Waals surface area contributed by atoms with Gasteiger partial charge in [0, 0.05) is 30.2 Å². The maximum absolute atomic E-state index is 5.88. The molecular weight excluding hydrogens is 431 g/mol. The van der Waals surface area contributed by atoms with E-state index in [1.807, 2.05) is 29.0 Å². The van der Waals surface area contributed by atoms with Gasteiger partial charge < -0.3 is 28.5 Å². The van der Waals surface area contributed by atoms with E-state index >= 15 is 0 Å². The Labute approximate surface area is 186 Å². The molecule has 8 nitrogen and oxygen atoms in total. The maximum atomic E-state index is 5.88. The SMILES string of the molecule is COc1cc(OCc2nc3cc(-n4ccnc4)ccc3[nH]2)cc(OC)c1OC.Cl.Cl. The fraction of sp³-hybridized carbons (Fsp3) is 0.200. The van der Waals surface area contributed by atoms with Crippen molar-refractivity contribution in [2.24, 2.45) is 0 Å². The lowest BCUT2D eigenvalue weighted by Crippen LogP contribution is -2.00. The molecule has 4 aromatic rings. The predicted molar refractivity (Wildman–Crippen MR) is 118 cm³/mol. The van der Waals surface area contributed by atoms with Crippen molar-refractivity contribution in [2.45, 2.75) is 6.61 Å². The summed E-state index contributed by atoms with van der Waals surface area (Å²) in [5, 5.41) is 0. The third-order valence-electron chi connectivity index (χ3n) is 4.33. The maximum Gasteiger partial charge on any atom is 0.203 e. The molecule has 160 valence electrons. The molecule has 0 aliphatic carbocycles. The highest BCUT2D eigenvalue weighted by atomic mass is 35.5. The summed E-state index contributed by atoms with van der Waals surface area (Å²) in [7, 11) is 4.70. The second-order valence-electron chi connectivity index (χ2n) is 6.00. The number of methoxy groups -OCH3 is 3. The van der Waals surface area contributed by atoms with Gasteiger partial charge in [0.2, 0.25) is 5.75 Å². The molecule has 0 atom stereocenters. The Morgan fingerprint density at radius 2 is 1.70 bits per heavy atom. The van der Waals surface area contributed by atoms with Gasteiger partial charge in [-0.1, -0.05) is 0 Å². The third-order valence-corrected chi connectivity index (χ3v) is 4.33. The molecule has 0 aliphatic rings. The summed E-state index contributed by atoms with van der Waals surface area (Å²) in [5.41, 5.74) is 2.79. The molecule has 0 radical (unpaired) electrons. The first-order valence-corrected chi connectivity index (χ1v) is 8.61. The van der Waals surface area contributed by atoms with Crippen LogP contribution in [0.4, 0.5) is 0 Å². The standard InChI is InChI=1S/C20H20N4O4.2ClH/c1-25-17-9-14(10-18(26-2)20(17)27-3)28-11-19-22-15-5-4-13(8-16(15)23-19)24-7-6-21-12-24;;/h4-10,12H,11H2,1-3H3,(H,22,23);2*1H. The van der Waals surface area contributed by atoms with Crippen molar-refractivity contribution in [3.63, 3.8) is 0 Å². The van der Waals surface area contributed by atoms with Crippen molar-refractivity contribution < 1.29 is 18.9 Å². The minimum Gasteiger partial charge on any atom is -0.493 e. The van der Waals surface area contributed by atoms with E-state index in [0.29, 0.717) is 28.8 Å². The van der Waals surface area contributed by atoms with Crippen molar-refractivity contribution in [1.29, 1.82) is 0 Å². The van der Waals surface area contributed by atoms with Gasteiger partial charge >= 0.3 is 0 Å². The minimum absolute atomic E-state index is 0. The number of hydrogen-bond acceptors (Lipinski definition) is 6. The molecule has 0 spiro atoms. The lowest BCUT2D eigenvalue weighted by molar-refractivity contribution is 0.285. The topological polar surface area (TPSA) is 83.4 Å². The number of ether oxygens (including phenoxy) is 4. The number of imidazole rings is 2. The Bertz CT molecular complexity index is 1070. The highest BCUT2D eigenvalue weighted by molar-refractivity contribution is 5.85. The lowest BCUT2D eigenvalue weighted by Gasteiger charge is -2.14. The summed E-state index contributed by atoms with van der Waals surface area (Å²) >= 11 is 0. The average Bonchev–Trinajstić information content (AvgIpc) is 3.40. The highest BCUT2D eigenvalue weighted by Crippen LogP contribution is 2.40. The number of nitrogens with zero attached hydrogens (tertiary/aromatic N) is 3. The zero-order valence-corrected chi connectivity index (χ0v) is 18.3. The molecular formula is C20H22Cl2N4O4. The number of H-pyrrole nitrogens is 1. The normalized spacial score (nSPS) is 10.1. The van der Waals surface area contributed by atoms with E-state index in [1.54, 1.807) is 46.0 Å². The Morgan fingerprint density at radius 1 is 0.967 bits per heavy atom. The van der Waals surface area contributed by atoms with Crippen molar-refractivity contribution >= 4 is 35.8 Å². The van der Waals surface area contributed by atoms with E-state index in [-0.39, 0.29) is 31.4 Å². The van der Waals surface area contributed by atoms with Crippen molar-refractivity contribution in [3.05, 3.63) is 54.9 Å². The molecule has 2 heterocycles. The molecule has 0 aliphatic heterocycles.